The highest BCUT2D eigenvalue weighted by Crippen LogP contribution is 2.26. The molecule has 124 valence electrons. The lowest BCUT2D eigenvalue weighted by atomic mass is 9.91. The van der Waals surface area contributed by atoms with Crippen molar-refractivity contribution < 1.29 is 4.79 Å². The minimum absolute atomic E-state index is 0.0417. The second kappa shape index (κ2) is 7.47. The zero-order valence-electron chi connectivity index (χ0n) is 14.4. The molecule has 0 saturated carbocycles. The van der Waals surface area contributed by atoms with Crippen molar-refractivity contribution in [2.45, 2.75) is 26.4 Å². The zero-order chi connectivity index (χ0) is 17.0. The number of likely N-dealkylation sites (tertiary alicyclic amines) is 1. The highest BCUT2D eigenvalue weighted by atomic mass is 16.2. The van der Waals surface area contributed by atoms with Gasteiger partial charge in [0.05, 0.1) is 11.6 Å². The molecule has 1 aliphatic heterocycles. The summed E-state index contributed by atoms with van der Waals surface area (Å²) in [6.45, 7) is 6.91. The summed E-state index contributed by atoms with van der Waals surface area (Å²) in [4.78, 5) is 15.9. The van der Waals surface area contributed by atoms with E-state index in [2.05, 4.69) is 30.1 Å². The number of carbonyl (C=O) groups excluding carboxylic acids is 1. The Morgan fingerprint density at radius 2 is 2.09 bits per heavy atom. The number of nitrogens with one attached hydrogen (secondary N) is 1. The number of amides is 2. The van der Waals surface area contributed by atoms with E-state index < -0.39 is 0 Å². The van der Waals surface area contributed by atoms with Crippen molar-refractivity contribution in [2.75, 3.05) is 27.2 Å². The van der Waals surface area contributed by atoms with Crippen LogP contribution in [0.3, 0.4) is 0 Å². The Hall–Kier alpha value is -2.06. The molecule has 0 bridgehead atoms. The van der Waals surface area contributed by atoms with Gasteiger partial charge in [0.25, 0.3) is 0 Å². The molecule has 1 saturated heterocycles. The van der Waals surface area contributed by atoms with Gasteiger partial charge in [0, 0.05) is 39.8 Å². The topological polar surface area (TPSA) is 59.4 Å². The van der Waals surface area contributed by atoms with Gasteiger partial charge in [0.15, 0.2) is 0 Å². The van der Waals surface area contributed by atoms with Crippen molar-refractivity contribution in [1.29, 1.82) is 5.26 Å². The minimum Gasteiger partial charge on any atom is -0.334 e. The molecule has 1 aliphatic rings. The number of benzene rings is 1. The van der Waals surface area contributed by atoms with E-state index in [4.69, 9.17) is 0 Å². The van der Waals surface area contributed by atoms with E-state index in [1.54, 1.807) is 19.0 Å². The van der Waals surface area contributed by atoms with Gasteiger partial charge in [-0.1, -0.05) is 32.0 Å². The first kappa shape index (κ1) is 17.3. The average Bonchev–Trinajstić information content (AvgIpc) is 2.90. The SMILES string of the molecule is CC(C)[C@@H]1CN(Cc2ccccc2C#N)C[C@H]1NC(=O)N(C)C. The molecule has 23 heavy (non-hydrogen) atoms. The molecule has 1 heterocycles. The lowest BCUT2D eigenvalue weighted by molar-refractivity contribution is 0.207. The van der Waals surface area contributed by atoms with Gasteiger partial charge in [-0.25, -0.2) is 4.79 Å². The Morgan fingerprint density at radius 3 is 2.70 bits per heavy atom. The molecule has 1 aromatic rings. The number of nitriles is 1. The molecule has 1 aromatic carbocycles. The Balaban J connectivity index is 2.08. The summed E-state index contributed by atoms with van der Waals surface area (Å²) in [5.41, 5.74) is 1.78. The number of carbonyl (C=O) groups is 1. The van der Waals surface area contributed by atoms with E-state index in [-0.39, 0.29) is 12.1 Å². The van der Waals surface area contributed by atoms with Crippen molar-refractivity contribution in [3.05, 3.63) is 35.4 Å². The summed E-state index contributed by atoms with van der Waals surface area (Å²) in [5.74, 6) is 0.923. The minimum atomic E-state index is -0.0417. The van der Waals surface area contributed by atoms with Crippen molar-refractivity contribution in [1.82, 2.24) is 15.1 Å². The summed E-state index contributed by atoms with van der Waals surface area (Å²) in [6.07, 6.45) is 0. The highest BCUT2D eigenvalue weighted by Gasteiger charge is 2.35. The van der Waals surface area contributed by atoms with E-state index in [0.717, 1.165) is 30.8 Å². The molecule has 0 radical (unpaired) electrons. The molecule has 0 unspecified atom stereocenters. The second-order valence-electron chi connectivity index (χ2n) is 6.82. The Labute approximate surface area is 138 Å². The van der Waals surface area contributed by atoms with E-state index in [1.807, 2.05) is 24.3 Å². The maximum absolute atomic E-state index is 12.0. The molecule has 2 amide bonds. The molecule has 1 fully saturated rings. The van der Waals surface area contributed by atoms with Gasteiger partial charge < -0.3 is 10.2 Å². The predicted molar refractivity (Wildman–Crippen MR) is 90.8 cm³/mol. The molecule has 1 N–H and O–H groups in total. The number of rotatable bonds is 4. The van der Waals surface area contributed by atoms with Crippen molar-refractivity contribution >= 4 is 6.03 Å². The van der Waals surface area contributed by atoms with Crippen LogP contribution in [0.5, 0.6) is 0 Å². The van der Waals surface area contributed by atoms with Crippen molar-refractivity contribution in [3.63, 3.8) is 0 Å². The van der Waals surface area contributed by atoms with Crippen LogP contribution in [-0.2, 0) is 6.54 Å². The van der Waals surface area contributed by atoms with Crippen LogP contribution in [-0.4, -0.2) is 49.1 Å². The first-order valence-corrected chi connectivity index (χ1v) is 8.10. The summed E-state index contributed by atoms with van der Waals surface area (Å²) in [5, 5.41) is 12.4. The van der Waals surface area contributed by atoms with Crippen LogP contribution >= 0.6 is 0 Å². The van der Waals surface area contributed by atoms with Gasteiger partial charge in [-0.2, -0.15) is 5.26 Å². The lowest BCUT2D eigenvalue weighted by Gasteiger charge is -2.24. The van der Waals surface area contributed by atoms with E-state index in [9.17, 15) is 10.1 Å². The summed E-state index contributed by atoms with van der Waals surface area (Å²) >= 11 is 0. The van der Waals surface area contributed by atoms with Crippen LogP contribution < -0.4 is 5.32 Å². The predicted octanol–water partition coefficient (Wildman–Crippen LogP) is 2.29. The standard InChI is InChI=1S/C18H26N4O/c1-13(2)16-11-22(12-17(16)20-18(23)21(3)4)10-15-8-6-5-7-14(15)9-19/h5-8,13,16-17H,10-12H2,1-4H3,(H,20,23)/t16-,17+/m0/s1. The smallest absolute Gasteiger partial charge is 0.317 e. The Kier molecular flexibility index (Phi) is 5.62. The van der Waals surface area contributed by atoms with Gasteiger partial charge in [0.2, 0.25) is 0 Å². The largest absolute Gasteiger partial charge is 0.334 e. The molecule has 2 rings (SSSR count). The number of nitrogens with zero attached hydrogens (tertiary/aromatic N) is 3. The van der Waals surface area contributed by atoms with Crippen LogP contribution in [0.25, 0.3) is 0 Å². The number of hydrogen-bond acceptors (Lipinski definition) is 3. The first-order valence-electron chi connectivity index (χ1n) is 8.10. The van der Waals surface area contributed by atoms with Gasteiger partial charge >= 0.3 is 6.03 Å². The van der Waals surface area contributed by atoms with E-state index >= 15 is 0 Å². The third-order valence-corrected chi connectivity index (χ3v) is 4.54. The van der Waals surface area contributed by atoms with Crippen molar-refractivity contribution in [3.8, 4) is 6.07 Å². The fourth-order valence-corrected chi connectivity index (χ4v) is 3.17. The monoisotopic (exact) mass is 314 g/mol. The third kappa shape index (κ3) is 4.23. The molecule has 5 nitrogen and oxygen atoms in total. The van der Waals surface area contributed by atoms with Gasteiger partial charge in [-0.05, 0) is 23.5 Å². The zero-order valence-corrected chi connectivity index (χ0v) is 14.4. The lowest BCUT2D eigenvalue weighted by Crippen LogP contribution is -2.46. The number of hydrogen-bond donors (Lipinski definition) is 1. The average molecular weight is 314 g/mol. The number of urea groups is 1. The highest BCUT2D eigenvalue weighted by molar-refractivity contribution is 5.73. The molecular weight excluding hydrogens is 288 g/mol. The normalized spacial score (nSPS) is 21.2. The van der Waals surface area contributed by atoms with E-state index in [0.29, 0.717) is 11.8 Å². The van der Waals surface area contributed by atoms with Crippen molar-refractivity contribution in [2.24, 2.45) is 11.8 Å². The summed E-state index contributed by atoms with van der Waals surface area (Å²) < 4.78 is 0. The fraction of sp³-hybridized carbons (Fsp3) is 0.556. The second-order valence-corrected chi connectivity index (χ2v) is 6.82. The van der Waals surface area contributed by atoms with Crippen LogP contribution in [0, 0.1) is 23.2 Å². The Bertz CT molecular complexity index is 591. The molecule has 0 aromatic heterocycles. The van der Waals surface area contributed by atoms with Gasteiger partial charge in [0.1, 0.15) is 0 Å². The summed E-state index contributed by atoms with van der Waals surface area (Å²) in [7, 11) is 3.52. The third-order valence-electron chi connectivity index (χ3n) is 4.54. The molecule has 0 spiro atoms. The van der Waals surface area contributed by atoms with E-state index in [1.165, 1.54) is 0 Å². The van der Waals surface area contributed by atoms with Gasteiger partial charge in [-0.15, -0.1) is 0 Å². The van der Waals surface area contributed by atoms with Crippen LogP contribution in [0.4, 0.5) is 4.79 Å². The quantitative estimate of drug-likeness (QED) is 0.927. The van der Waals surface area contributed by atoms with Crippen LogP contribution in [0.15, 0.2) is 24.3 Å². The summed E-state index contributed by atoms with van der Waals surface area (Å²) in [6, 6.07) is 10.1. The first-order chi connectivity index (χ1) is 10.9. The molecule has 2 atom stereocenters. The maximum atomic E-state index is 12.0. The Morgan fingerprint density at radius 1 is 1.39 bits per heavy atom. The fourth-order valence-electron chi connectivity index (χ4n) is 3.17. The van der Waals surface area contributed by atoms with Crippen LogP contribution in [0.2, 0.25) is 0 Å². The molecular formula is C18H26N4O. The van der Waals surface area contributed by atoms with Gasteiger partial charge in [-0.3, -0.25) is 4.90 Å². The maximum Gasteiger partial charge on any atom is 0.317 e. The molecule has 0 aliphatic carbocycles. The van der Waals surface area contributed by atoms with Crippen LogP contribution in [0.1, 0.15) is 25.0 Å². The molecule has 5 heteroatoms.